The topological polar surface area (TPSA) is 639 Å². The summed E-state index contributed by atoms with van der Waals surface area (Å²) >= 11 is 0. The molecule has 29 N–H and O–H groups in total. The molecule has 1 rings (SSSR count). The summed E-state index contributed by atoms with van der Waals surface area (Å²) in [6.45, 7) is 4.92. The molecule has 9 atom stereocenters. The minimum absolute atomic E-state index is 0.00287. The van der Waals surface area contributed by atoms with Crippen molar-refractivity contribution < 1.29 is 78.0 Å². The van der Waals surface area contributed by atoms with Crippen LogP contribution in [0.3, 0.4) is 0 Å². The molecule has 36 nitrogen and oxygen atoms in total. The van der Waals surface area contributed by atoms with Crippen LogP contribution in [0.2, 0.25) is 0 Å². The van der Waals surface area contributed by atoms with Crippen molar-refractivity contribution in [3.8, 4) is 5.75 Å². The van der Waals surface area contributed by atoms with Crippen molar-refractivity contribution in [2.45, 2.75) is 159 Å². The highest BCUT2D eigenvalue weighted by Gasteiger charge is 2.36. The lowest BCUT2D eigenvalue weighted by Crippen LogP contribution is -2.61. The van der Waals surface area contributed by atoms with Gasteiger partial charge >= 0.3 is 11.9 Å². The molecular formula is C53H90N20O16. The minimum Gasteiger partial charge on any atom is -0.508 e. The number of aliphatic hydroxyl groups excluding tert-OH is 1. The lowest BCUT2D eigenvalue weighted by atomic mass is 10.0. The molecule has 0 radical (unpaired) electrons. The summed E-state index contributed by atoms with van der Waals surface area (Å²) in [5, 5.41) is 60.6. The van der Waals surface area contributed by atoms with E-state index in [1.54, 1.807) is 27.7 Å². The van der Waals surface area contributed by atoms with Crippen LogP contribution in [-0.2, 0) is 64.0 Å². The van der Waals surface area contributed by atoms with E-state index in [1.807, 2.05) is 0 Å². The highest BCUT2D eigenvalue weighted by atomic mass is 16.4. The molecule has 0 spiro atoms. The smallest absolute Gasteiger partial charge is 0.326 e. The monoisotopic (exact) mass is 1260 g/mol. The van der Waals surface area contributed by atoms with Gasteiger partial charge in [0.05, 0.1) is 25.6 Å². The van der Waals surface area contributed by atoms with Crippen LogP contribution in [0.1, 0.15) is 104 Å². The van der Waals surface area contributed by atoms with Crippen LogP contribution in [0.4, 0.5) is 0 Å². The SMILES string of the molecule is CC(C)CC(NC(=O)[C@H](CC(N)=O)NC(=O)[C@H](CCCN=C(N)N)NC(=O)[C@H](CC(C)C)NC(=O)[C@H](CO)NC(=O)C(CCC(=O)O)NC(=O)[C@@H](N)CCCN=C(N)N)C(=O)N[C@@H](CCCN=C(N)N)C(=O)NCC(=O)N[C@@H](Cc1ccc(O)cc1)C(=O)O. The number of aliphatic imine (C=N–C) groups is 3. The van der Waals surface area contributed by atoms with Crippen molar-refractivity contribution in [1.29, 1.82) is 0 Å². The first-order chi connectivity index (χ1) is 41.7. The first-order valence-electron chi connectivity index (χ1n) is 28.5. The summed E-state index contributed by atoms with van der Waals surface area (Å²) < 4.78 is 0. The van der Waals surface area contributed by atoms with Gasteiger partial charge in [-0.1, -0.05) is 39.8 Å². The number of carboxylic acid groups (broad SMARTS) is 2. The lowest BCUT2D eigenvalue weighted by molar-refractivity contribution is -0.141. The molecule has 0 aliphatic carbocycles. The quantitative estimate of drug-likeness (QED) is 0.0164. The number of nitrogens with one attached hydrogen (secondary N) is 9. The maximum atomic E-state index is 14.3. The number of rotatable bonds is 43. The van der Waals surface area contributed by atoms with Gasteiger partial charge < -0.3 is 114 Å². The van der Waals surface area contributed by atoms with Crippen LogP contribution in [0, 0.1) is 11.8 Å². The average molecular weight is 1260 g/mol. The standard InChI is InChI=1S/C53H90N20O16/c1-26(2)20-34(46(84)68-31(9-6-18-63-52(58)59)43(81)65-24-40(77)66-37(50(88)89)22-28-11-13-29(75)14-12-28)70-48(86)36(23-39(55)76)72-44(82)32(10-7-19-64-53(60)61)69-47(85)35(21-27(3)4)71-49(87)38(25-74)73-45(83)33(15-16-41(78)79)67-42(80)30(54)8-5-17-62-51(56)57/h11-14,26-27,30-38,74-75H,5-10,15-25,54H2,1-4H3,(H2,55,76)(H,65,81)(H,66,77)(H,67,80)(H,68,84)(H,69,85)(H,70,86)(H,71,87)(H,72,82)(H,73,83)(H,78,79)(H,88,89)(H4,56,57,62)(H4,58,59,63)(H4,60,61,64)/t30-,31-,32-,33?,34?,35-,36-,37-,38-/m0/s1. The number of aliphatic hydroxyl groups is 1. The highest BCUT2D eigenvalue weighted by Crippen LogP contribution is 2.14. The predicted molar refractivity (Wildman–Crippen MR) is 322 cm³/mol. The molecule has 2 unspecified atom stereocenters. The van der Waals surface area contributed by atoms with Gasteiger partial charge in [0.15, 0.2) is 17.9 Å². The van der Waals surface area contributed by atoms with Crippen LogP contribution >= 0.6 is 0 Å². The number of nitrogens with zero attached hydrogens (tertiary/aromatic N) is 3. The normalized spacial score (nSPS) is 13.9. The number of carbonyl (C=O) groups is 12. The molecule has 0 aliphatic heterocycles. The summed E-state index contributed by atoms with van der Waals surface area (Å²) in [6, 6.07) is -8.32. The number of hydrogen-bond donors (Lipinski definition) is 21. The van der Waals surface area contributed by atoms with E-state index in [1.165, 1.54) is 24.3 Å². The van der Waals surface area contributed by atoms with Gasteiger partial charge in [-0.2, -0.15) is 0 Å². The molecule has 0 bridgehead atoms. The van der Waals surface area contributed by atoms with Crippen molar-refractivity contribution in [3.63, 3.8) is 0 Å². The third-order valence-electron chi connectivity index (χ3n) is 12.7. The fourth-order valence-corrected chi connectivity index (χ4v) is 8.26. The van der Waals surface area contributed by atoms with Gasteiger partial charge in [0.2, 0.25) is 59.1 Å². The fourth-order valence-electron chi connectivity index (χ4n) is 8.26. The van der Waals surface area contributed by atoms with Crippen LogP contribution in [0.25, 0.3) is 0 Å². The zero-order valence-corrected chi connectivity index (χ0v) is 50.3. The molecule has 0 saturated heterocycles. The molecule has 0 saturated carbocycles. The summed E-state index contributed by atoms with van der Waals surface area (Å²) in [4.78, 5) is 171. The second-order valence-corrected chi connectivity index (χ2v) is 21.5. The third kappa shape index (κ3) is 33.2. The fraction of sp³-hybridized carbons (Fsp3) is 0.604. The molecule has 1 aromatic rings. The van der Waals surface area contributed by atoms with E-state index in [4.69, 9.17) is 45.9 Å². The van der Waals surface area contributed by atoms with Gasteiger partial charge in [0.25, 0.3) is 0 Å². The van der Waals surface area contributed by atoms with Gasteiger partial charge in [-0.3, -0.25) is 67.7 Å². The van der Waals surface area contributed by atoms with E-state index in [0.29, 0.717) is 5.56 Å². The molecule has 1 aromatic carbocycles. The Labute approximate surface area is 513 Å². The van der Waals surface area contributed by atoms with E-state index in [0.717, 1.165) is 0 Å². The second-order valence-electron chi connectivity index (χ2n) is 21.5. The number of primary amides is 1. The third-order valence-corrected chi connectivity index (χ3v) is 12.7. The number of phenols is 1. The number of hydrogen-bond acceptors (Lipinski definition) is 18. The van der Waals surface area contributed by atoms with E-state index in [9.17, 15) is 78.0 Å². The number of carbonyl (C=O) groups excluding carboxylic acids is 10. The number of guanidine groups is 3. The molecule has 10 amide bonds. The molecule has 36 heteroatoms. The summed E-state index contributed by atoms with van der Waals surface area (Å²) in [5.41, 5.74) is 44.5. The number of amides is 10. The lowest BCUT2D eigenvalue weighted by Gasteiger charge is -2.28. The number of carboxylic acids is 2. The Morgan fingerprint density at radius 2 is 0.854 bits per heavy atom. The van der Waals surface area contributed by atoms with E-state index >= 15 is 0 Å². The van der Waals surface area contributed by atoms with Crippen molar-refractivity contribution in [3.05, 3.63) is 29.8 Å². The first-order valence-corrected chi connectivity index (χ1v) is 28.5. The van der Waals surface area contributed by atoms with Gasteiger partial charge in [-0.25, -0.2) is 4.79 Å². The molecule has 498 valence electrons. The van der Waals surface area contributed by atoms with E-state index in [-0.39, 0.29) is 113 Å². The maximum absolute atomic E-state index is 14.3. The second kappa shape index (κ2) is 40.7. The van der Waals surface area contributed by atoms with Gasteiger partial charge in [0, 0.05) is 32.5 Å². The molecule has 0 aliphatic rings. The zero-order valence-electron chi connectivity index (χ0n) is 50.3. The van der Waals surface area contributed by atoms with Crippen LogP contribution in [0.5, 0.6) is 5.75 Å². The van der Waals surface area contributed by atoms with Crippen LogP contribution < -0.4 is 93.7 Å². The first kappa shape index (κ1) is 77.4. The molecular weight excluding hydrogens is 1170 g/mol. The van der Waals surface area contributed by atoms with Crippen LogP contribution in [0.15, 0.2) is 39.2 Å². The molecule has 89 heavy (non-hydrogen) atoms. The Balaban J connectivity index is 3.50. The van der Waals surface area contributed by atoms with Gasteiger partial charge in [-0.05, 0) is 87.3 Å². The van der Waals surface area contributed by atoms with Crippen molar-refractivity contribution in [2.75, 3.05) is 32.8 Å². The van der Waals surface area contributed by atoms with E-state index in [2.05, 4.69) is 62.8 Å². The Morgan fingerprint density at radius 3 is 1.28 bits per heavy atom. The summed E-state index contributed by atoms with van der Waals surface area (Å²) in [5.74, 6) is -14.5. The number of nitrogens with two attached hydrogens (primary N) is 8. The number of aromatic hydroxyl groups is 1. The Morgan fingerprint density at radius 1 is 0.472 bits per heavy atom. The molecule has 0 aromatic heterocycles. The van der Waals surface area contributed by atoms with E-state index < -0.39 is 158 Å². The average Bonchev–Trinajstić information content (AvgIpc) is 3.26. The minimum atomic E-state index is -1.84. The molecule has 0 fully saturated rings. The highest BCUT2D eigenvalue weighted by molar-refractivity contribution is 5.99. The van der Waals surface area contributed by atoms with Crippen molar-refractivity contribution >= 4 is 88.9 Å². The van der Waals surface area contributed by atoms with Gasteiger partial charge in [-0.15, -0.1) is 0 Å². The zero-order chi connectivity index (χ0) is 67.5. The Bertz CT molecular complexity index is 2650. The van der Waals surface area contributed by atoms with Crippen molar-refractivity contribution in [2.24, 2.45) is 72.7 Å². The number of aliphatic carboxylic acids is 2. The largest absolute Gasteiger partial charge is 0.508 e. The predicted octanol–water partition coefficient (Wildman–Crippen LogP) is -7.67. The Hall–Kier alpha value is -9.61. The maximum Gasteiger partial charge on any atom is 0.326 e. The Kier molecular flexibility index (Phi) is 35.4. The summed E-state index contributed by atoms with van der Waals surface area (Å²) in [6.07, 6.45) is -2.39. The number of phenolic OH excluding ortho intramolecular Hbond substituents is 1. The van der Waals surface area contributed by atoms with Crippen LogP contribution in [-0.4, -0.2) is 196 Å². The van der Waals surface area contributed by atoms with Crippen molar-refractivity contribution in [1.82, 2.24) is 47.9 Å². The number of benzene rings is 1. The van der Waals surface area contributed by atoms with Gasteiger partial charge in [0.1, 0.15) is 54.1 Å². The molecule has 0 heterocycles. The summed E-state index contributed by atoms with van der Waals surface area (Å²) in [7, 11) is 0.